The van der Waals surface area contributed by atoms with Crippen LogP contribution in [0.3, 0.4) is 0 Å². The molecular formula is C19H19Cl2NO3. The van der Waals surface area contributed by atoms with Gasteiger partial charge in [0.15, 0.2) is 5.60 Å². The Kier molecular flexibility index (Phi) is 4.82. The summed E-state index contributed by atoms with van der Waals surface area (Å²) >= 11 is 12.3. The molecule has 0 spiro atoms. The van der Waals surface area contributed by atoms with Crippen LogP contribution >= 0.6 is 23.2 Å². The van der Waals surface area contributed by atoms with Gasteiger partial charge in [-0.3, -0.25) is 4.79 Å². The van der Waals surface area contributed by atoms with E-state index in [1.807, 2.05) is 12.1 Å². The molecule has 0 bridgehead atoms. The number of benzene rings is 2. The molecule has 2 aromatic carbocycles. The Morgan fingerprint density at radius 3 is 2.20 bits per heavy atom. The average molecular weight is 380 g/mol. The number of fused-ring (bicyclic) bond motifs is 1. The summed E-state index contributed by atoms with van der Waals surface area (Å²) in [5, 5.41) is 24.6. The number of anilines is 1. The zero-order valence-electron chi connectivity index (χ0n) is 13.9. The Morgan fingerprint density at radius 2 is 1.60 bits per heavy atom. The van der Waals surface area contributed by atoms with Gasteiger partial charge in [0.25, 0.3) is 5.91 Å². The summed E-state index contributed by atoms with van der Waals surface area (Å²) in [5.41, 5.74) is 0.340. The van der Waals surface area contributed by atoms with E-state index in [-0.39, 0.29) is 17.0 Å². The van der Waals surface area contributed by atoms with Crippen molar-refractivity contribution in [3.63, 3.8) is 0 Å². The molecule has 1 amide bonds. The SMILES string of the molecule is CC(C)c1ccc(C(O)C[C@]2(O)C(=O)Nc3c(Cl)ccc(Cl)c32)cc1. The number of carbonyl (C=O) groups is 1. The van der Waals surface area contributed by atoms with E-state index in [0.29, 0.717) is 22.2 Å². The highest BCUT2D eigenvalue weighted by molar-refractivity contribution is 6.38. The van der Waals surface area contributed by atoms with E-state index in [9.17, 15) is 15.0 Å². The highest BCUT2D eigenvalue weighted by atomic mass is 35.5. The number of rotatable bonds is 4. The molecule has 4 nitrogen and oxygen atoms in total. The highest BCUT2D eigenvalue weighted by Crippen LogP contribution is 2.47. The number of amides is 1. The van der Waals surface area contributed by atoms with Crippen molar-refractivity contribution in [2.75, 3.05) is 5.32 Å². The van der Waals surface area contributed by atoms with Gasteiger partial charge >= 0.3 is 0 Å². The fourth-order valence-electron chi connectivity index (χ4n) is 3.10. The average Bonchev–Trinajstić information content (AvgIpc) is 2.83. The third-order valence-electron chi connectivity index (χ3n) is 4.61. The van der Waals surface area contributed by atoms with Crippen LogP contribution in [-0.2, 0) is 10.4 Å². The molecule has 3 N–H and O–H groups in total. The Bertz CT molecular complexity index is 820. The molecular weight excluding hydrogens is 361 g/mol. The lowest BCUT2D eigenvalue weighted by Gasteiger charge is -2.25. The van der Waals surface area contributed by atoms with Crippen LogP contribution in [0.2, 0.25) is 10.0 Å². The van der Waals surface area contributed by atoms with Gasteiger partial charge in [-0.05, 0) is 29.2 Å². The topological polar surface area (TPSA) is 69.6 Å². The van der Waals surface area contributed by atoms with Crippen molar-refractivity contribution in [3.05, 3.63) is 63.1 Å². The molecule has 0 radical (unpaired) electrons. The molecule has 1 unspecified atom stereocenters. The summed E-state index contributed by atoms with van der Waals surface area (Å²) in [6, 6.07) is 10.5. The van der Waals surface area contributed by atoms with Crippen molar-refractivity contribution < 1.29 is 15.0 Å². The van der Waals surface area contributed by atoms with Crippen LogP contribution in [0.4, 0.5) is 5.69 Å². The minimum absolute atomic E-state index is 0.213. The third-order valence-corrected chi connectivity index (χ3v) is 5.24. The number of carbonyl (C=O) groups excluding carboxylic acids is 1. The van der Waals surface area contributed by atoms with Crippen molar-refractivity contribution in [2.45, 2.75) is 37.9 Å². The van der Waals surface area contributed by atoms with E-state index in [0.717, 1.165) is 5.56 Å². The van der Waals surface area contributed by atoms with E-state index < -0.39 is 17.6 Å². The number of hydrogen-bond acceptors (Lipinski definition) is 3. The fourth-order valence-corrected chi connectivity index (χ4v) is 3.62. The molecule has 25 heavy (non-hydrogen) atoms. The number of aliphatic hydroxyl groups is 2. The lowest BCUT2D eigenvalue weighted by molar-refractivity contribution is -0.137. The summed E-state index contributed by atoms with van der Waals surface area (Å²) in [6.07, 6.45) is -1.25. The summed E-state index contributed by atoms with van der Waals surface area (Å²) in [5.74, 6) is -0.265. The van der Waals surface area contributed by atoms with E-state index in [1.54, 1.807) is 18.2 Å². The summed E-state index contributed by atoms with van der Waals surface area (Å²) < 4.78 is 0. The molecule has 0 saturated carbocycles. The van der Waals surface area contributed by atoms with Crippen molar-refractivity contribution in [2.24, 2.45) is 0 Å². The standard InChI is InChI=1S/C19H19Cl2NO3/c1-10(2)11-3-5-12(6-4-11)15(23)9-19(25)16-13(20)7-8-14(21)17(16)22-18(19)24/h3-8,10,15,23,25H,9H2,1-2H3,(H,22,24)/t15?,19-/m1/s1. The predicted octanol–water partition coefficient (Wildman–Crippen LogP) is 4.38. The molecule has 1 aliphatic heterocycles. The maximum atomic E-state index is 12.4. The Morgan fingerprint density at radius 1 is 1.04 bits per heavy atom. The summed E-state index contributed by atoms with van der Waals surface area (Å²) in [4.78, 5) is 12.4. The Labute approximate surface area is 156 Å². The number of nitrogens with one attached hydrogen (secondary N) is 1. The maximum Gasteiger partial charge on any atom is 0.261 e. The fraction of sp³-hybridized carbons (Fsp3) is 0.316. The quantitative estimate of drug-likeness (QED) is 0.737. The maximum absolute atomic E-state index is 12.4. The highest BCUT2D eigenvalue weighted by Gasteiger charge is 2.49. The molecule has 1 heterocycles. The van der Waals surface area contributed by atoms with Gasteiger partial charge in [-0.15, -0.1) is 0 Å². The van der Waals surface area contributed by atoms with Gasteiger partial charge < -0.3 is 15.5 Å². The molecule has 0 saturated heterocycles. The molecule has 2 aromatic rings. The molecule has 132 valence electrons. The lowest BCUT2D eigenvalue weighted by Crippen LogP contribution is -2.36. The van der Waals surface area contributed by atoms with Crippen molar-refractivity contribution in [3.8, 4) is 0 Å². The molecule has 0 fully saturated rings. The van der Waals surface area contributed by atoms with Crippen molar-refractivity contribution in [1.82, 2.24) is 0 Å². The van der Waals surface area contributed by atoms with E-state index in [2.05, 4.69) is 19.2 Å². The second kappa shape index (κ2) is 6.61. The summed E-state index contributed by atoms with van der Waals surface area (Å²) in [7, 11) is 0. The van der Waals surface area contributed by atoms with Gasteiger partial charge in [0.05, 0.1) is 16.8 Å². The van der Waals surface area contributed by atoms with Gasteiger partial charge in [0.2, 0.25) is 0 Å². The predicted molar refractivity (Wildman–Crippen MR) is 99.1 cm³/mol. The largest absolute Gasteiger partial charge is 0.388 e. The minimum Gasteiger partial charge on any atom is -0.388 e. The van der Waals surface area contributed by atoms with Crippen LogP contribution < -0.4 is 5.32 Å². The molecule has 0 aromatic heterocycles. The number of hydrogen-bond donors (Lipinski definition) is 3. The zero-order chi connectivity index (χ0) is 18.4. The Balaban J connectivity index is 1.92. The van der Waals surface area contributed by atoms with Gasteiger partial charge in [-0.25, -0.2) is 0 Å². The van der Waals surface area contributed by atoms with Gasteiger partial charge in [0.1, 0.15) is 0 Å². The lowest BCUT2D eigenvalue weighted by atomic mass is 9.87. The first-order chi connectivity index (χ1) is 11.7. The van der Waals surface area contributed by atoms with Crippen LogP contribution in [0.1, 0.15) is 49.0 Å². The van der Waals surface area contributed by atoms with Crippen LogP contribution in [0.5, 0.6) is 0 Å². The first-order valence-corrected chi connectivity index (χ1v) is 8.80. The van der Waals surface area contributed by atoms with Crippen LogP contribution in [0.25, 0.3) is 0 Å². The normalized spacial score (nSPS) is 20.5. The first kappa shape index (κ1) is 18.2. The zero-order valence-corrected chi connectivity index (χ0v) is 15.4. The Hall–Kier alpha value is -1.59. The molecule has 3 rings (SSSR count). The van der Waals surface area contributed by atoms with Crippen molar-refractivity contribution >= 4 is 34.8 Å². The monoisotopic (exact) mass is 379 g/mol. The van der Waals surface area contributed by atoms with Crippen LogP contribution in [0.15, 0.2) is 36.4 Å². The molecule has 2 atom stereocenters. The molecule has 0 aliphatic carbocycles. The first-order valence-electron chi connectivity index (χ1n) is 8.04. The molecule has 1 aliphatic rings. The minimum atomic E-state index is -1.94. The van der Waals surface area contributed by atoms with E-state index >= 15 is 0 Å². The van der Waals surface area contributed by atoms with Crippen LogP contribution in [-0.4, -0.2) is 16.1 Å². The van der Waals surface area contributed by atoms with Gasteiger partial charge in [-0.2, -0.15) is 0 Å². The van der Waals surface area contributed by atoms with E-state index in [4.69, 9.17) is 23.2 Å². The second-order valence-electron chi connectivity index (χ2n) is 6.63. The van der Waals surface area contributed by atoms with Gasteiger partial charge in [-0.1, -0.05) is 61.3 Å². The third kappa shape index (κ3) is 3.15. The number of halogens is 2. The van der Waals surface area contributed by atoms with Crippen molar-refractivity contribution in [1.29, 1.82) is 0 Å². The number of aliphatic hydroxyl groups excluding tert-OH is 1. The smallest absolute Gasteiger partial charge is 0.261 e. The van der Waals surface area contributed by atoms with Crippen LogP contribution in [0, 0.1) is 0 Å². The van der Waals surface area contributed by atoms with Gasteiger partial charge in [0, 0.05) is 17.0 Å². The second-order valence-corrected chi connectivity index (χ2v) is 7.45. The molecule has 6 heteroatoms. The summed E-state index contributed by atoms with van der Waals surface area (Å²) in [6.45, 7) is 4.17. The van der Waals surface area contributed by atoms with E-state index in [1.165, 1.54) is 6.07 Å².